The van der Waals surface area contributed by atoms with E-state index in [0.29, 0.717) is 16.7 Å². The van der Waals surface area contributed by atoms with Gasteiger partial charge in [0.05, 0.1) is 0 Å². The van der Waals surface area contributed by atoms with Crippen LogP contribution in [0.3, 0.4) is 0 Å². The molecule has 0 bridgehead atoms. The Hall–Kier alpha value is -2.86. The molecule has 1 aromatic heterocycles. The first kappa shape index (κ1) is 17.0. The molecule has 0 saturated heterocycles. The molecule has 3 rings (SSSR count). The van der Waals surface area contributed by atoms with Crippen molar-refractivity contribution in [2.24, 2.45) is 0 Å². The molecule has 0 aliphatic heterocycles. The molecule has 25 heavy (non-hydrogen) atoms. The van der Waals surface area contributed by atoms with Crippen molar-refractivity contribution in [2.75, 3.05) is 6.61 Å². The van der Waals surface area contributed by atoms with Crippen molar-refractivity contribution in [3.05, 3.63) is 65.0 Å². The van der Waals surface area contributed by atoms with Crippen LogP contribution in [0.4, 0.5) is 0 Å². The van der Waals surface area contributed by atoms with Crippen LogP contribution < -0.4 is 4.74 Å². The highest BCUT2D eigenvalue weighted by Gasteiger charge is 2.12. The zero-order chi connectivity index (χ0) is 17.6. The molecule has 0 fully saturated rings. The first-order valence-corrected chi connectivity index (χ1v) is 7.92. The minimum Gasteiger partial charge on any atom is -0.482 e. The summed E-state index contributed by atoms with van der Waals surface area (Å²) >= 11 is 5.84. The highest BCUT2D eigenvalue weighted by molar-refractivity contribution is 6.30. The van der Waals surface area contributed by atoms with Crippen LogP contribution in [0.1, 0.15) is 11.5 Å². The average molecular weight is 359 g/mol. The number of carbonyl (C=O) groups excluding carboxylic acids is 1. The van der Waals surface area contributed by atoms with Crippen molar-refractivity contribution in [3.63, 3.8) is 0 Å². The van der Waals surface area contributed by atoms with Crippen molar-refractivity contribution in [2.45, 2.75) is 13.5 Å². The predicted octanol–water partition coefficient (Wildman–Crippen LogP) is 3.82. The van der Waals surface area contributed by atoms with Crippen LogP contribution in [0, 0.1) is 6.92 Å². The number of carbonyl (C=O) groups is 1. The maximum Gasteiger partial charge on any atom is 0.344 e. The van der Waals surface area contributed by atoms with Crippen molar-refractivity contribution in [3.8, 4) is 17.2 Å². The van der Waals surface area contributed by atoms with Crippen LogP contribution in [0.25, 0.3) is 11.5 Å². The van der Waals surface area contributed by atoms with Crippen LogP contribution in [0.15, 0.2) is 52.9 Å². The largest absolute Gasteiger partial charge is 0.482 e. The molecular formula is C18H15ClN2O4. The van der Waals surface area contributed by atoms with Crippen molar-refractivity contribution >= 4 is 17.6 Å². The minimum absolute atomic E-state index is 0.115. The maximum atomic E-state index is 11.8. The number of ether oxygens (including phenoxy) is 2. The van der Waals surface area contributed by atoms with Gasteiger partial charge in [0.25, 0.3) is 5.89 Å². The Morgan fingerprint density at radius 3 is 2.64 bits per heavy atom. The lowest BCUT2D eigenvalue weighted by atomic mass is 10.2. The fourth-order valence-electron chi connectivity index (χ4n) is 2.06. The summed E-state index contributed by atoms with van der Waals surface area (Å²) < 4.78 is 16.0. The van der Waals surface area contributed by atoms with E-state index in [-0.39, 0.29) is 19.1 Å². The number of hydrogen-bond donors (Lipinski definition) is 0. The van der Waals surface area contributed by atoms with Gasteiger partial charge in [-0.1, -0.05) is 29.8 Å². The fourth-order valence-corrected chi connectivity index (χ4v) is 2.19. The van der Waals surface area contributed by atoms with Crippen molar-refractivity contribution in [1.82, 2.24) is 10.2 Å². The molecule has 128 valence electrons. The number of aryl methyl sites for hydroxylation is 1. The van der Waals surface area contributed by atoms with Gasteiger partial charge in [-0.05, 0) is 42.8 Å². The normalized spacial score (nSPS) is 10.5. The molecule has 0 spiro atoms. The van der Waals surface area contributed by atoms with E-state index in [2.05, 4.69) is 10.2 Å². The summed E-state index contributed by atoms with van der Waals surface area (Å²) in [5, 5.41) is 8.39. The molecule has 0 unspecified atom stereocenters. The fraction of sp³-hybridized carbons (Fsp3) is 0.167. The summed E-state index contributed by atoms with van der Waals surface area (Å²) in [5.74, 6) is 0.657. The predicted molar refractivity (Wildman–Crippen MR) is 91.2 cm³/mol. The zero-order valence-electron chi connectivity index (χ0n) is 13.4. The van der Waals surface area contributed by atoms with Gasteiger partial charge in [0.1, 0.15) is 5.75 Å². The molecule has 0 saturated carbocycles. The minimum atomic E-state index is -0.519. The van der Waals surface area contributed by atoms with Crippen LogP contribution in [-0.2, 0) is 16.1 Å². The standard InChI is InChI=1S/C18H15ClN2O4/c1-12-4-2-3-5-15(12)23-11-17(22)24-10-16-20-21-18(25-16)13-6-8-14(19)9-7-13/h2-9H,10-11H2,1H3. The molecule has 0 aliphatic rings. The monoisotopic (exact) mass is 358 g/mol. The Morgan fingerprint density at radius 1 is 1.12 bits per heavy atom. The molecule has 2 aromatic carbocycles. The Balaban J connectivity index is 1.51. The Labute approximate surface area is 149 Å². The topological polar surface area (TPSA) is 74.5 Å². The molecule has 0 N–H and O–H groups in total. The van der Waals surface area contributed by atoms with Gasteiger partial charge in [0, 0.05) is 10.6 Å². The molecule has 0 atom stereocenters. The van der Waals surface area contributed by atoms with Crippen molar-refractivity contribution in [1.29, 1.82) is 0 Å². The van der Waals surface area contributed by atoms with Gasteiger partial charge in [0.15, 0.2) is 13.2 Å². The number of rotatable bonds is 6. The lowest BCUT2D eigenvalue weighted by molar-refractivity contribution is -0.148. The van der Waals surface area contributed by atoms with E-state index in [1.807, 2.05) is 25.1 Å². The number of hydrogen-bond acceptors (Lipinski definition) is 6. The maximum absolute atomic E-state index is 11.8. The summed E-state index contributed by atoms with van der Waals surface area (Å²) in [5.41, 5.74) is 1.68. The summed E-state index contributed by atoms with van der Waals surface area (Å²) in [7, 11) is 0. The number of halogens is 1. The molecule has 3 aromatic rings. The molecular weight excluding hydrogens is 344 g/mol. The van der Waals surface area contributed by atoms with Gasteiger partial charge in [-0.2, -0.15) is 0 Å². The summed E-state index contributed by atoms with van der Waals surface area (Å²) in [6, 6.07) is 14.4. The van der Waals surface area contributed by atoms with Gasteiger partial charge >= 0.3 is 5.97 Å². The molecule has 7 heteroatoms. The van der Waals surface area contributed by atoms with Gasteiger partial charge in [-0.25, -0.2) is 4.79 Å². The second-order valence-electron chi connectivity index (χ2n) is 5.22. The van der Waals surface area contributed by atoms with Crippen molar-refractivity contribution < 1.29 is 18.7 Å². The van der Waals surface area contributed by atoms with Gasteiger partial charge in [-0.3, -0.25) is 0 Å². The van der Waals surface area contributed by atoms with Gasteiger partial charge in [0.2, 0.25) is 5.89 Å². The van der Waals surface area contributed by atoms with Crippen LogP contribution >= 0.6 is 11.6 Å². The van der Waals surface area contributed by atoms with Gasteiger partial charge < -0.3 is 13.9 Å². The second-order valence-corrected chi connectivity index (χ2v) is 5.66. The molecule has 6 nitrogen and oxygen atoms in total. The van der Waals surface area contributed by atoms with E-state index in [1.165, 1.54) is 0 Å². The van der Waals surface area contributed by atoms with E-state index >= 15 is 0 Å². The van der Waals surface area contributed by atoms with E-state index in [9.17, 15) is 4.79 Å². The quantitative estimate of drug-likeness (QED) is 0.623. The summed E-state index contributed by atoms with van der Waals surface area (Å²) in [6.45, 7) is 1.59. The Morgan fingerprint density at radius 2 is 1.88 bits per heavy atom. The number of benzene rings is 2. The summed E-state index contributed by atoms with van der Waals surface area (Å²) in [4.78, 5) is 11.8. The lowest BCUT2D eigenvalue weighted by Gasteiger charge is -2.07. The van der Waals surface area contributed by atoms with Crippen LogP contribution in [0.2, 0.25) is 5.02 Å². The number of aromatic nitrogens is 2. The molecule has 0 radical (unpaired) electrons. The third kappa shape index (κ3) is 4.58. The molecule has 0 aliphatic carbocycles. The lowest BCUT2D eigenvalue weighted by Crippen LogP contribution is -2.15. The van der Waals surface area contributed by atoms with E-state index < -0.39 is 5.97 Å². The Kier molecular flexibility index (Phi) is 5.30. The van der Waals surface area contributed by atoms with E-state index in [0.717, 1.165) is 11.1 Å². The SMILES string of the molecule is Cc1ccccc1OCC(=O)OCc1nnc(-c2ccc(Cl)cc2)o1. The van der Waals surface area contributed by atoms with E-state index in [1.54, 1.807) is 30.3 Å². The zero-order valence-corrected chi connectivity index (χ0v) is 14.2. The van der Waals surface area contributed by atoms with Gasteiger partial charge in [-0.15, -0.1) is 10.2 Å². The molecule has 0 amide bonds. The third-order valence-corrected chi connectivity index (χ3v) is 3.61. The van der Waals surface area contributed by atoms with Crippen LogP contribution in [0.5, 0.6) is 5.75 Å². The third-order valence-electron chi connectivity index (χ3n) is 3.35. The number of esters is 1. The first-order chi connectivity index (χ1) is 12.1. The first-order valence-electron chi connectivity index (χ1n) is 7.54. The highest BCUT2D eigenvalue weighted by atomic mass is 35.5. The average Bonchev–Trinajstić information content (AvgIpc) is 3.09. The summed E-state index contributed by atoms with van der Waals surface area (Å²) in [6.07, 6.45) is 0. The van der Waals surface area contributed by atoms with Crippen LogP contribution in [-0.4, -0.2) is 22.8 Å². The smallest absolute Gasteiger partial charge is 0.344 e. The Bertz CT molecular complexity index is 862. The molecule has 1 heterocycles. The van der Waals surface area contributed by atoms with E-state index in [4.69, 9.17) is 25.5 Å². The second kappa shape index (κ2) is 7.81. The number of nitrogens with zero attached hydrogens (tertiary/aromatic N) is 2. The number of para-hydroxylation sites is 1. The highest BCUT2D eigenvalue weighted by Crippen LogP contribution is 2.20.